The first-order valence-electron chi connectivity index (χ1n) is 5.17. The van der Waals surface area contributed by atoms with Crippen LogP contribution in [0.25, 0.3) is 0 Å². The molecule has 0 amide bonds. The van der Waals surface area contributed by atoms with Crippen LogP contribution in [0.1, 0.15) is 13.8 Å². The van der Waals surface area contributed by atoms with E-state index < -0.39 is 6.16 Å². The van der Waals surface area contributed by atoms with E-state index in [-0.39, 0.29) is 12.7 Å². The van der Waals surface area contributed by atoms with Gasteiger partial charge < -0.3 is 18.9 Å². The fourth-order valence-corrected chi connectivity index (χ4v) is 1.10. The Morgan fingerprint density at radius 3 is 2.73 bits per heavy atom. The Balaban J connectivity index is 1.87. The summed E-state index contributed by atoms with van der Waals surface area (Å²) in [5.74, 6) is 0.536. The normalized spacial score (nSPS) is 20.5. The van der Waals surface area contributed by atoms with Crippen molar-refractivity contribution in [1.29, 1.82) is 0 Å². The lowest BCUT2D eigenvalue weighted by molar-refractivity contribution is 0.00612. The van der Waals surface area contributed by atoms with Crippen molar-refractivity contribution >= 4 is 6.16 Å². The monoisotopic (exact) mass is 218 g/mol. The molecule has 0 aromatic carbocycles. The number of rotatable bonds is 7. The third-order valence-electron chi connectivity index (χ3n) is 1.78. The van der Waals surface area contributed by atoms with Gasteiger partial charge in [0, 0.05) is 6.61 Å². The number of hydrogen-bond donors (Lipinski definition) is 0. The van der Waals surface area contributed by atoms with Crippen LogP contribution in [-0.4, -0.2) is 45.3 Å². The SMILES string of the molecule is CC(C)COCCOCC1COC(=O)O1. The highest BCUT2D eigenvalue weighted by Gasteiger charge is 2.24. The minimum Gasteiger partial charge on any atom is -0.430 e. The van der Waals surface area contributed by atoms with Crippen molar-refractivity contribution in [3.63, 3.8) is 0 Å². The minimum atomic E-state index is -0.611. The van der Waals surface area contributed by atoms with Gasteiger partial charge in [-0.2, -0.15) is 0 Å². The molecule has 1 unspecified atom stereocenters. The van der Waals surface area contributed by atoms with Crippen LogP contribution in [0.15, 0.2) is 0 Å². The van der Waals surface area contributed by atoms with Gasteiger partial charge in [-0.05, 0) is 5.92 Å². The van der Waals surface area contributed by atoms with Gasteiger partial charge in [0.2, 0.25) is 0 Å². The average molecular weight is 218 g/mol. The van der Waals surface area contributed by atoms with Gasteiger partial charge in [-0.15, -0.1) is 0 Å². The van der Waals surface area contributed by atoms with Crippen molar-refractivity contribution in [3.8, 4) is 0 Å². The predicted molar refractivity (Wildman–Crippen MR) is 52.7 cm³/mol. The second-order valence-corrected chi connectivity index (χ2v) is 3.84. The van der Waals surface area contributed by atoms with E-state index in [9.17, 15) is 4.79 Å². The van der Waals surface area contributed by atoms with E-state index in [1.54, 1.807) is 0 Å². The van der Waals surface area contributed by atoms with Crippen LogP contribution in [0.3, 0.4) is 0 Å². The summed E-state index contributed by atoms with van der Waals surface area (Å²) < 4.78 is 20.0. The highest BCUT2D eigenvalue weighted by atomic mass is 16.8. The standard InChI is InChI=1S/C10H18O5/c1-8(2)5-12-3-4-13-6-9-7-14-10(11)15-9/h8-9H,3-7H2,1-2H3. The molecule has 0 N–H and O–H groups in total. The molecule has 0 saturated carbocycles. The van der Waals surface area contributed by atoms with Gasteiger partial charge in [0.1, 0.15) is 6.61 Å². The minimum absolute atomic E-state index is 0.261. The lowest BCUT2D eigenvalue weighted by Crippen LogP contribution is -2.20. The Hall–Kier alpha value is -0.810. The van der Waals surface area contributed by atoms with Gasteiger partial charge in [-0.1, -0.05) is 13.8 Å². The average Bonchev–Trinajstić information content (AvgIpc) is 2.57. The number of carbonyl (C=O) groups is 1. The molecule has 0 bridgehead atoms. The summed E-state index contributed by atoms with van der Waals surface area (Å²) in [6.07, 6.45) is -0.873. The second kappa shape index (κ2) is 6.63. The van der Waals surface area contributed by atoms with Crippen molar-refractivity contribution in [3.05, 3.63) is 0 Å². The first-order chi connectivity index (χ1) is 7.18. The number of hydrogen-bond acceptors (Lipinski definition) is 5. The fraction of sp³-hybridized carbons (Fsp3) is 0.900. The van der Waals surface area contributed by atoms with Gasteiger partial charge >= 0.3 is 6.16 Å². The number of cyclic esters (lactones) is 2. The van der Waals surface area contributed by atoms with Gasteiger partial charge in [0.05, 0.1) is 19.8 Å². The maximum absolute atomic E-state index is 10.5. The molecule has 1 heterocycles. The molecule has 0 aliphatic carbocycles. The first kappa shape index (κ1) is 12.3. The van der Waals surface area contributed by atoms with Gasteiger partial charge in [0.15, 0.2) is 6.10 Å². The molecule has 5 heteroatoms. The summed E-state index contributed by atoms with van der Waals surface area (Å²) in [4.78, 5) is 10.5. The van der Waals surface area contributed by atoms with E-state index in [1.165, 1.54) is 0 Å². The zero-order valence-corrected chi connectivity index (χ0v) is 9.23. The third-order valence-corrected chi connectivity index (χ3v) is 1.78. The Kier molecular flexibility index (Phi) is 5.42. The summed E-state index contributed by atoms with van der Waals surface area (Å²) in [5.41, 5.74) is 0. The molecule has 1 aliphatic rings. The molecule has 0 aromatic rings. The number of carbonyl (C=O) groups excluding carboxylic acids is 1. The molecule has 1 fully saturated rings. The zero-order chi connectivity index (χ0) is 11.1. The van der Waals surface area contributed by atoms with Crippen molar-refractivity contribution in [2.24, 2.45) is 5.92 Å². The summed E-state index contributed by atoms with van der Waals surface area (Å²) in [6, 6.07) is 0. The van der Waals surface area contributed by atoms with Gasteiger partial charge in [-0.25, -0.2) is 4.79 Å². The van der Waals surface area contributed by atoms with Crippen LogP contribution in [0.4, 0.5) is 4.79 Å². The van der Waals surface area contributed by atoms with E-state index in [2.05, 4.69) is 18.6 Å². The summed E-state index contributed by atoms with van der Waals surface area (Å²) in [5, 5.41) is 0. The second-order valence-electron chi connectivity index (χ2n) is 3.84. The van der Waals surface area contributed by atoms with Crippen LogP contribution in [-0.2, 0) is 18.9 Å². The predicted octanol–water partition coefficient (Wildman–Crippen LogP) is 1.21. The van der Waals surface area contributed by atoms with E-state index in [1.807, 2.05) is 0 Å². The number of ether oxygens (including phenoxy) is 4. The topological polar surface area (TPSA) is 54.0 Å². The summed E-state index contributed by atoms with van der Waals surface area (Å²) in [7, 11) is 0. The van der Waals surface area contributed by atoms with Crippen LogP contribution >= 0.6 is 0 Å². The third kappa shape index (κ3) is 5.59. The lowest BCUT2D eigenvalue weighted by atomic mass is 10.2. The van der Waals surface area contributed by atoms with E-state index >= 15 is 0 Å². The highest BCUT2D eigenvalue weighted by molar-refractivity contribution is 5.61. The first-order valence-corrected chi connectivity index (χ1v) is 5.17. The molecule has 0 spiro atoms. The maximum Gasteiger partial charge on any atom is 0.508 e. The van der Waals surface area contributed by atoms with Crippen molar-refractivity contribution < 1.29 is 23.7 Å². The molecule has 0 radical (unpaired) electrons. The highest BCUT2D eigenvalue weighted by Crippen LogP contribution is 2.05. The zero-order valence-electron chi connectivity index (χ0n) is 9.23. The Morgan fingerprint density at radius 2 is 2.13 bits per heavy atom. The quantitative estimate of drug-likeness (QED) is 0.475. The molecule has 1 rings (SSSR count). The van der Waals surface area contributed by atoms with Crippen molar-refractivity contribution in [1.82, 2.24) is 0 Å². The molecule has 1 aliphatic heterocycles. The molecule has 15 heavy (non-hydrogen) atoms. The van der Waals surface area contributed by atoms with Crippen LogP contribution < -0.4 is 0 Å². The van der Waals surface area contributed by atoms with Crippen LogP contribution in [0.5, 0.6) is 0 Å². The molecule has 1 saturated heterocycles. The van der Waals surface area contributed by atoms with Gasteiger partial charge in [0.25, 0.3) is 0 Å². The van der Waals surface area contributed by atoms with E-state index in [0.29, 0.717) is 25.7 Å². The van der Waals surface area contributed by atoms with E-state index in [0.717, 1.165) is 6.61 Å². The Bertz CT molecular complexity index is 192. The molecule has 5 nitrogen and oxygen atoms in total. The molecular formula is C10H18O5. The van der Waals surface area contributed by atoms with Crippen LogP contribution in [0.2, 0.25) is 0 Å². The van der Waals surface area contributed by atoms with Crippen molar-refractivity contribution in [2.75, 3.05) is 33.0 Å². The Labute approximate surface area is 89.6 Å². The molecule has 1 atom stereocenters. The molecule has 88 valence electrons. The smallest absolute Gasteiger partial charge is 0.430 e. The molecular weight excluding hydrogens is 200 g/mol. The summed E-state index contributed by atoms with van der Waals surface area (Å²) in [6.45, 7) is 6.67. The van der Waals surface area contributed by atoms with Gasteiger partial charge in [-0.3, -0.25) is 0 Å². The largest absolute Gasteiger partial charge is 0.508 e. The van der Waals surface area contributed by atoms with Crippen LogP contribution in [0, 0.1) is 5.92 Å². The lowest BCUT2D eigenvalue weighted by Gasteiger charge is -2.09. The fourth-order valence-electron chi connectivity index (χ4n) is 1.10. The van der Waals surface area contributed by atoms with Crippen molar-refractivity contribution in [2.45, 2.75) is 20.0 Å². The summed E-state index contributed by atoms with van der Waals surface area (Å²) >= 11 is 0. The van der Waals surface area contributed by atoms with E-state index in [4.69, 9.17) is 14.2 Å². The molecule has 0 aromatic heterocycles. The maximum atomic E-state index is 10.5. The Morgan fingerprint density at radius 1 is 1.40 bits per heavy atom.